The van der Waals surface area contributed by atoms with Gasteiger partial charge in [0.25, 0.3) is 5.69 Å². The van der Waals surface area contributed by atoms with Gasteiger partial charge in [0.2, 0.25) is 5.89 Å². The summed E-state index contributed by atoms with van der Waals surface area (Å²) in [6.07, 6.45) is 1.70. The number of nitrogens with one attached hydrogen (secondary N) is 1. The molecule has 0 fully saturated rings. The van der Waals surface area contributed by atoms with Crippen molar-refractivity contribution >= 4 is 23.0 Å². The van der Waals surface area contributed by atoms with E-state index in [-0.39, 0.29) is 16.1 Å². The van der Waals surface area contributed by atoms with Gasteiger partial charge in [-0.1, -0.05) is 32.4 Å². The van der Waals surface area contributed by atoms with Gasteiger partial charge in [-0.25, -0.2) is 4.98 Å². The van der Waals surface area contributed by atoms with Gasteiger partial charge in [-0.05, 0) is 6.07 Å². The summed E-state index contributed by atoms with van der Waals surface area (Å²) in [6.45, 7) is 6.47. The summed E-state index contributed by atoms with van der Waals surface area (Å²) >= 11 is 6.00. The summed E-state index contributed by atoms with van der Waals surface area (Å²) in [6, 6.07) is 4.26. The number of hydrogen-bond donors (Lipinski definition) is 1. The molecule has 1 aromatic carbocycles. The van der Waals surface area contributed by atoms with E-state index in [1.807, 2.05) is 20.8 Å². The molecule has 112 valence electrons. The van der Waals surface area contributed by atoms with Crippen molar-refractivity contribution in [3.63, 3.8) is 0 Å². The number of hydrogen-bond acceptors (Lipinski definition) is 5. The summed E-state index contributed by atoms with van der Waals surface area (Å²) in [4.78, 5) is 14.3. The van der Waals surface area contributed by atoms with Crippen molar-refractivity contribution in [2.75, 3.05) is 5.32 Å². The van der Waals surface area contributed by atoms with Gasteiger partial charge in [0, 0.05) is 17.5 Å². The van der Waals surface area contributed by atoms with Crippen molar-refractivity contribution in [3.05, 3.63) is 51.2 Å². The van der Waals surface area contributed by atoms with Gasteiger partial charge < -0.3 is 9.73 Å². The van der Waals surface area contributed by atoms with Crippen LogP contribution in [0.5, 0.6) is 0 Å². The summed E-state index contributed by atoms with van der Waals surface area (Å²) in [5.74, 6) is 1.34. The zero-order valence-electron chi connectivity index (χ0n) is 12.0. The predicted molar refractivity (Wildman–Crippen MR) is 80.6 cm³/mol. The second kappa shape index (κ2) is 5.73. The van der Waals surface area contributed by atoms with Crippen LogP contribution in [0, 0.1) is 10.1 Å². The number of halogens is 1. The molecule has 0 aliphatic heterocycles. The van der Waals surface area contributed by atoms with E-state index >= 15 is 0 Å². The Balaban J connectivity index is 2.06. The number of benzene rings is 1. The zero-order valence-corrected chi connectivity index (χ0v) is 12.8. The number of nitrogens with zero attached hydrogens (tertiary/aromatic N) is 2. The van der Waals surface area contributed by atoms with Crippen molar-refractivity contribution < 1.29 is 9.34 Å². The largest absolute Gasteiger partial charge is 0.443 e. The predicted octanol–water partition coefficient (Wildman–Crippen LogP) is 4.15. The molecule has 0 saturated heterocycles. The number of nitro benzene ring substituents is 1. The molecule has 0 aliphatic rings. The molecule has 1 aromatic heterocycles. The Morgan fingerprint density at radius 2 is 2.14 bits per heavy atom. The molecule has 2 aromatic rings. The summed E-state index contributed by atoms with van der Waals surface area (Å²) in [5, 5.41) is 14.0. The summed E-state index contributed by atoms with van der Waals surface area (Å²) < 4.78 is 5.65. The Labute approximate surface area is 127 Å². The minimum Gasteiger partial charge on any atom is -0.443 e. The fraction of sp³-hybridized carbons (Fsp3) is 0.357. The van der Waals surface area contributed by atoms with Crippen LogP contribution < -0.4 is 5.32 Å². The van der Waals surface area contributed by atoms with Gasteiger partial charge in [-0.15, -0.1) is 0 Å². The van der Waals surface area contributed by atoms with Crippen LogP contribution in [0.15, 0.2) is 28.8 Å². The zero-order chi connectivity index (χ0) is 15.6. The van der Waals surface area contributed by atoms with Crippen molar-refractivity contribution in [3.8, 4) is 0 Å². The maximum absolute atomic E-state index is 10.6. The molecule has 0 bridgehead atoms. The average Bonchev–Trinajstić information content (AvgIpc) is 2.85. The Morgan fingerprint density at radius 1 is 1.43 bits per heavy atom. The Morgan fingerprint density at radius 3 is 2.67 bits per heavy atom. The molecule has 0 spiro atoms. The van der Waals surface area contributed by atoms with E-state index in [1.165, 1.54) is 12.1 Å². The van der Waals surface area contributed by atoms with Crippen LogP contribution >= 0.6 is 11.6 Å². The van der Waals surface area contributed by atoms with E-state index < -0.39 is 4.92 Å². The second-order valence-electron chi connectivity index (χ2n) is 5.64. The Kier molecular flexibility index (Phi) is 4.18. The first-order valence-electron chi connectivity index (χ1n) is 6.40. The van der Waals surface area contributed by atoms with Gasteiger partial charge in [0.15, 0.2) is 0 Å². The molecule has 0 aliphatic carbocycles. The molecule has 0 saturated carbocycles. The molecule has 2 rings (SSSR count). The van der Waals surface area contributed by atoms with E-state index in [0.29, 0.717) is 18.1 Å². The number of aromatic nitrogens is 1. The number of oxazole rings is 1. The molecule has 0 atom stereocenters. The molecule has 6 nitrogen and oxygen atoms in total. The van der Waals surface area contributed by atoms with Gasteiger partial charge in [-0.3, -0.25) is 10.1 Å². The number of nitro groups is 1. The van der Waals surface area contributed by atoms with Crippen molar-refractivity contribution in [1.29, 1.82) is 0 Å². The second-order valence-corrected chi connectivity index (χ2v) is 6.05. The van der Waals surface area contributed by atoms with Crippen LogP contribution in [0.4, 0.5) is 11.4 Å². The lowest BCUT2D eigenvalue weighted by molar-refractivity contribution is -0.384. The summed E-state index contributed by atoms with van der Waals surface area (Å²) in [7, 11) is 0. The third-order valence-electron chi connectivity index (χ3n) is 2.89. The third kappa shape index (κ3) is 3.72. The third-order valence-corrected chi connectivity index (χ3v) is 3.20. The van der Waals surface area contributed by atoms with E-state index in [1.54, 1.807) is 12.3 Å². The monoisotopic (exact) mass is 309 g/mol. The minimum atomic E-state index is -0.487. The fourth-order valence-electron chi connectivity index (χ4n) is 1.67. The molecule has 0 radical (unpaired) electrons. The molecule has 21 heavy (non-hydrogen) atoms. The number of non-ortho nitro benzene ring substituents is 1. The fourth-order valence-corrected chi connectivity index (χ4v) is 1.91. The van der Waals surface area contributed by atoms with Gasteiger partial charge in [-0.2, -0.15) is 0 Å². The van der Waals surface area contributed by atoms with Crippen molar-refractivity contribution in [2.45, 2.75) is 32.7 Å². The molecule has 0 amide bonds. The number of rotatable bonds is 4. The highest BCUT2D eigenvalue weighted by Gasteiger charge is 2.19. The topological polar surface area (TPSA) is 81.2 Å². The highest BCUT2D eigenvalue weighted by atomic mass is 35.5. The van der Waals surface area contributed by atoms with E-state index in [9.17, 15) is 10.1 Å². The minimum absolute atomic E-state index is 0.0447. The quantitative estimate of drug-likeness (QED) is 0.678. The maximum Gasteiger partial charge on any atom is 0.271 e. The lowest BCUT2D eigenvalue weighted by Gasteiger charge is -2.13. The van der Waals surface area contributed by atoms with Crippen molar-refractivity contribution in [2.24, 2.45) is 0 Å². The normalized spacial score (nSPS) is 11.4. The highest BCUT2D eigenvalue weighted by molar-refractivity contribution is 6.33. The molecular formula is C14H16ClN3O3. The SMILES string of the molecule is CC(C)(C)c1cnc(CNc2ccc([N+](=O)[O-])cc2Cl)o1. The first kappa shape index (κ1) is 15.3. The highest BCUT2D eigenvalue weighted by Crippen LogP contribution is 2.27. The molecule has 1 N–H and O–H groups in total. The van der Waals surface area contributed by atoms with Crippen LogP contribution in [0.3, 0.4) is 0 Å². The number of anilines is 1. The smallest absolute Gasteiger partial charge is 0.271 e. The van der Waals surface area contributed by atoms with Gasteiger partial charge in [0.1, 0.15) is 5.76 Å². The van der Waals surface area contributed by atoms with Crippen LogP contribution in [0.25, 0.3) is 0 Å². The van der Waals surface area contributed by atoms with E-state index in [0.717, 1.165) is 5.76 Å². The Hall–Kier alpha value is -2.08. The van der Waals surface area contributed by atoms with E-state index in [2.05, 4.69) is 10.3 Å². The van der Waals surface area contributed by atoms with Gasteiger partial charge >= 0.3 is 0 Å². The average molecular weight is 310 g/mol. The molecular weight excluding hydrogens is 294 g/mol. The first-order chi connectivity index (χ1) is 9.77. The van der Waals surface area contributed by atoms with Crippen molar-refractivity contribution in [1.82, 2.24) is 4.98 Å². The summed E-state index contributed by atoms with van der Waals surface area (Å²) in [5.41, 5.74) is 0.449. The lowest BCUT2D eigenvalue weighted by Crippen LogP contribution is -2.09. The van der Waals surface area contributed by atoms with Crippen LogP contribution in [-0.4, -0.2) is 9.91 Å². The maximum atomic E-state index is 10.6. The van der Waals surface area contributed by atoms with Crippen LogP contribution in [-0.2, 0) is 12.0 Å². The first-order valence-corrected chi connectivity index (χ1v) is 6.78. The Bertz CT molecular complexity index is 662. The van der Waals surface area contributed by atoms with Crippen LogP contribution in [0.2, 0.25) is 5.02 Å². The van der Waals surface area contributed by atoms with Crippen LogP contribution in [0.1, 0.15) is 32.4 Å². The standard InChI is InChI=1S/C14H16ClN3O3/c1-14(2,3)12-7-17-13(21-12)8-16-11-5-4-9(18(19)20)6-10(11)15/h4-7,16H,8H2,1-3H3. The lowest BCUT2D eigenvalue weighted by atomic mass is 9.94. The van der Waals surface area contributed by atoms with E-state index in [4.69, 9.17) is 16.0 Å². The molecule has 7 heteroatoms. The van der Waals surface area contributed by atoms with Gasteiger partial charge in [0.05, 0.1) is 28.4 Å². The molecule has 1 heterocycles. The molecule has 0 unspecified atom stereocenters.